The highest BCUT2D eigenvalue weighted by molar-refractivity contribution is 14.1. The van der Waals surface area contributed by atoms with Gasteiger partial charge in [-0.25, -0.2) is 4.98 Å². The van der Waals surface area contributed by atoms with E-state index in [4.69, 9.17) is 4.42 Å². The Morgan fingerprint density at radius 2 is 1.92 bits per heavy atom. The van der Waals surface area contributed by atoms with E-state index in [1.807, 2.05) is 24.3 Å². The molecule has 0 bridgehead atoms. The van der Waals surface area contributed by atoms with Crippen LogP contribution in [0.3, 0.4) is 0 Å². The normalized spacial score (nSPS) is 10.1. The average molecular weight is 271 g/mol. The Morgan fingerprint density at radius 1 is 1.17 bits per heavy atom. The van der Waals surface area contributed by atoms with Crippen LogP contribution in [0.4, 0.5) is 0 Å². The van der Waals surface area contributed by atoms with Crippen LogP contribution >= 0.6 is 22.6 Å². The number of rotatable bonds is 1. The molecular weight excluding hydrogens is 265 g/mol. The molecule has 1 aromatic heterocycles. The lowest BCUT2D eigenvalue weighted by molar-refractivity contribution is 0.574. The fraction of sp³-hybridized carbons (Fsp3) is 0. The van der Waals surface area contributed by atoms with E-state index in [-0.39, 0.29) is 0 Å². The van der Waals surface area contributed by atoms with Gasteiger partial charge in [-0.2, -0.15) is 0 Å². The summed E-state index contributed by atoms with van der Waals surface area (Å²) in [6.07, 6.45) is 3.22. The number of benzene rings is 1. The van der Waals surface area contributed by atoms with Gasteiger partial charge in [0, 0.05) is 9.13 Å². The smallest absolute Gasteiger partial charge is 0.225 e. The summed E-state index contributed by atoms with van der Waals surface area (Å²) in [5.41, 5.74) is 1.01. The maximum absolute atomic E-state index is 5.15. The summed E-state index contributed by atoms with van der Waals surface area (Å²) in [6.45, 7) is 0. The van der Waals surface area contributed by atoms with Crippen molar-refractivity contribution in [2.24, 2.45) is 0 Å². The van der Waals surface area contributed by atoms with E-state index < -0.39 is 0 Å². The summed E-state index contributed by atoms with van der Waals surface area (Å²) in [4.78, 5) is 4.05. The van der Waals surface area contributed by atoms with Crippen LogP contribution in [0.25, 0.3) is 11.5 Å². The molecule has 0 unspecified atom stereocenters. The summed E-state index contributed by atoms with van der Waals surface area (Å²) in [6, 6.07) is 8.04. The Kier molecular flexibility index (Phi) is 2.12. The van der Waals surface area contributed by atoms with Gasteiger partial charge in [0.2, 0.25) is 5.89 Å². The molecule has 60 valence electrons. The Balaban J connectivity index is 2.43. The first-order valence-corrected chi connectivity index (χ1v) is 4.59. The van der Waals surface area contributed by atoms with Gasteiger partial charge in [0.25, 0.3) is 0 Å². The standard InChI is InChI=1S/C9H6INO/c10-8-3-1-7(2-4-8)9-11-5-6-12-9/h1-6H. The van der Waals surface area contributed by atoms with Gasteiger partial charge >= 0.3 is 0 Å². The second-order valence-corrected chi connectivity index (χ2v) is 3.59. The van der Waals surface area contributed by atoms with Crippen LogP contribution in [0.2, 0.25) is 0 Å². The number of aromatic nitrogens is 1. The van der Waals surface area contributed by atoms with Crippen molar-refractivity contribution in [1.29, 1.82) is 0 Å². The lowest BCUT2D eigenvalue weighted by Crippen LogP contribution is -1.76. The molecule has 0 atom stereocenters. The molecule has 0 radical (unpaired) electrons. The van der Waals surface area contributed by atoms with E-state index >= 15 is 0 Å². The fourth-order valence-corrected chi connectivity index (χ4v) is 1.32. The molecule has 1 heterocycles. The monoisotopic (exact) mass is 271 g/mol. The molecule has 2 aromatic rings. The number of halogens is 1. The summed E-state index contributed by atoms with van der Waals surface area (Å²) in [5, 5.41) is 0. The van der Waals surface area contributed by atoms with Crippen LogP contribution in [0.15, 0.2) is 41.1 Å². The topological polar surface area (TPSA) is 26.0 Å². The molecule has 3 heteroatoms. The van der Waals surface area contributed by atoms with E-state index in [0.717, 1.165) is 5.56 Å². The molecule has 0 fully saturated rings. The zero-order valence-corrected chi connectivity index (χ0v) is 8.36. The third kappa shape index (κ3) is 1.50. The van der Waals surface area contributed by atoms with Gasteiger partial charge in [0.05, 0.1) is 6.20 Å². The van der Waals surface area contributed by atoms with Crippen LogP contribution in [-0.4, -0.2) is 4.98 Å². The summed E-state index contributed by atoms with van der Waals surface area (Å²) in [7, 11) is 0. The van der Waals surface area contributed by atoms with Gasteiger partial charge < -0.3 is 4.42 Å². The van der Waals surface area contributed by atoms with E-state index in [1.54, 1.807) is 12.5 Å². The van der Waals surface area contributed by atoms with Gasteiger partial charge in [0.1, 0.15) is 6.26 Å². The quantitative estimate of drug-likeness (QED) is 0.745. The molecule has 2 rings (SSSR count). The second-order valence-electron chi connectivity index (χ2n) is 2.34. The third-order valence-electron chi connectivity index (χ3n) is 1.52. The SMILES string of the molecule is Ic1ccc(-c2ncco2)cc1. The van der Waals surface area contributed by atoms with Crippen molar-refractivity contribution < 1.29 is 4.42 Å². The summed E-state index contributed by atoms with van der Waals surface area (Å²) in [5.74, 6) is 0.673. The highest BCUT2D eigenvalue weighted by Crippen LogP contribution is 2.17. The molecule has 0 saturated carbocycles. The molecule has 12 heavy (non-hydrogen) atoms. The number of hydrogen-bond acceptors (Lipinski definition) is 2. The molecular formula is C9H6INO. The zero-order valence-electron chi connectivity index (χ0n) is 6.20. The predicted octanol–water partition coefficient (Wildman–Crippen LogP) is 2.95. The van der Waals surface area contributed by atoms with Crippen LogP contribution in [0, 0.1) is 3.57 Å². The third-order valence-corrected chi connectivity index (χ3v) is 2.24. The van der Waals surface area contributed by atoms with Crippen molar-refractivity contribution in [1.82, 2.24) is 4.98 Å². The minimum absolute atomic E-state index is 0.673. The van der Waals surface area contributed by atoms with Gasteiger partial charge in [-0.05, 0) is 46.9 Å². The molecule has 0 aliphatic carbocycles. The zero-order chi connectivity index (χ0) is 8.39. The van der Waals surface area contributed by atoms with Crippen LogP contribution < -0.4 is 0 Å². The lowest BCUT2D eigenvalue weighted by Gasteiger charge is -1.93. The highest BCUT2D eigenvalue weighted by atomic mass is 127. The van der Waals surface area contributed by atoms with Crippen molar-refractivity contribution >= 4 is 22.6 Å². The maximum atomic E-state index is 5.15. The molecule has 0 saturated heterocycles. The Hall–Kier alpha value is -0.840. The predicted molar refractivity (Wildman–Crippen MR) is 54.7 cm³/mol. The number of oxazole rings is 1. The first-order chi connectivity index (χ1) is 5.86. The molecule has 0 spiro atoms. The van der Waals surface area contributed by atoms with Gasteiger partial charge in [-0.1, -0.05) is 0 Å². The van der Waals surface area contributed by atoms with E-state index in [9.17, 15) is 0 Å². The van der Waals surface area contributed by atoms with E-state index in [0.29, 0.717) is 5.89 Å². The minimum Gasteiger partial charge on any atom is -0.445 e. The first-order valence-electron chi connectivity index (χ1n) is 3.52. The van der Waals surface area contributed by atoms with Crippen LogP contribution in [0.1, 0.15) is 0 Å². The van der Waals surface area contributed by atoms with Crippen LogP contribution in [0.5, 0.6) is 0 Å². The maximum Gasteiger partial charge on any atom is 0.225 e. The highest BCUT2D eigenvalue weighted by Gasteiger charge is 1.99. The van der Waals surface area contributed by atoms with Crippen molar-refractivity contribution in [3.8, 4) is 11.5 Å². The molecule has 0 amide bonds. The largest absolute Gasteiger partial charge is 0.445 e. The van der Waals surface area contributed by atoms with Crippen molar-refractivity contribution in [2.75, 3.05) is 0 Å². The molecule has 1 aromatic carbocycles. The van der Waals surface area contributed by atoms with Gasteiger partial charge in [-0.3, -0.25) is 0 Å². The number of nitrogens with zero attached hydrogens (tertiary/aromatic N) is 1. The molecule has 0 aliphatic rings. The average Bonchev–Trinajstić information content (AvgIpc) is 2.58. The summed E-state index contributed by atoms with van der Waals surface area (Å²) >= 11 is 2.26. The number of hydrogen-bond donors (Lipinski definition) is 0. The van der Waals surface area contributed by atoms with Crippen LogP contribution in [-0.2, 0) is 0 Å². The Morgan fingerprint density at radius 3 is 2.50 bits per heavy atom. The molecule has 0 N–H and O–H groups in total. The van der Waals surface area contributed by atoms with E-state index in [1.165, 1.54) is 3.57 Å². The minimum atomic E-state index is 0.673. The lowest BCUT2D eigenvalue weighted by atomic mass is 10.2. The van der Waals surface area contributed by atoms with Crippen molar-refractivity contribution in [3.63, 3.8) is 0 Å². The molecule has 0 aliphatic heterocycles. The van der Waals surface area contributed by atoms with Gasteiger partial charge in [0.15, 0.2) is 0 Å². The van der Waals surface area contributed by atoms with Gasteiger partial charge in [-0.15, -0.1) is 0 Å². The molecule has 2 nitrogen and oxygen atoms in total. The first kappa shape index (κ1) is 7.79. The Labute approximate surface area is 83.8 Å². The second kappa shape index (κ2) is 3.26. The Bertz CT molecular complexity index is 353. The van der Waals surface area contributed by atoms with Crippen molar-refractivity contribution in [2.45, 2.75) is 0 Å². The fourth-order valence-electron chi connectivity index (χ4n) is 0.958. The summed E-state index contributed by atoms with van der Waals surface area (Å²) < 4.78 is 6.36. The van der Waals surface area contributed by atoms with Crippen molar-refractivity contribution in [3.05, 3.63) is 40.3 Å². The van der Waals surface area contributed by atoms with E-state index in [2.05, 4.69) is 27.6 Å².